The summed E-state index contributed by atoms with van der Waals surface area (Å²) in [7, 11) is 1.46. The molecular formula is C11H14FNO2. The van der Waals surface area contributed by atoms with Gasteiger partial charge in [-0.05, 0) is 12.1 Å². The van der Waals surface area contributed by atoms with Crippen molar-refractivity contribution < 1.29 is 13.9 Å². The highest BCUT2D eigenvalue weighted by Crippen LogP contribution is 2.20. The maximum Gasteiger partial charge on any atom is 0.227 e. The van der Waals surface area contributed by atoms with E-state index < -0.39 is 5.82 Å². The Kier molecular flexibility index (Phi) is 3.66. The summed E-state index contributed by atoms with van der Waals surface area (Å²) in [6.07, 6.45) is 0. The predicted octanol–water partition coefficient (Wildman–Crippen LogP) is 2.43. The van der Waals surface area contributed by atoms with Crippen molar-refractivity contribution in [2.24, 2.45) is 5.92 Å². The fourth-order valence-electron chi connectivity index (χ4n) is 1.00. The molecule has 0 unspecified atom stereocenters. The fourth-order valence-corrected chi connectivity index (χ4v) is 1.00. The van der Waals surface area contributed by atoms with Crippen LogP contribution in [0.4, 0.5) is 10.1 Å². The number of carbonyl (C=O) groups is 1. The predicted molar refractivity (Wildman–Crippen MR) is 56.4 cm³/mol. The molecule has 0 bridgehead atoms. The quantitative estimate of drug-likeness (QED) is 0.833. The van der Waals surface area contributed by atoms with Crippen LogP contribution in [0.2, 0.25) is 0 Å². The van der Waals surface area contributed by atoms with Gasteiger partial charge in [0, 0.05) is 12.0 Å². The normalized spacial score (nSPS) is 10.2. The molecular weight excluding hydrogens is 197 g/mol. The zero-order valence-corrected chi connectivity index (χ0v) is 9.00. The molecule has 3 nitrogen and oxygen atoms in total. The molecule has 0 atom stereocenters. The second-order valence-corrected chi connectivity index (χ2v) is 3.49. The molecule has 4 heteroatoms. The van der Waals surface area contributed by atoms with E-state index in [1.807, 2.05) is 0 Å². The molecule has 0 saturated heterocycles. The van der Waals surface area contributed by atoms with Gasteiger partial charge in [0.2, 0.25) is 5.91 Å². The molecule has 0 aliphatic carbocycles. The van der Waals surface area contributed by atoms with E-state index in [4.69, 9.17) is 4.74 Å². The molecule has 1 rings (SSSR count). The van der Waals surface area contributed by atoms with E-state index in [0.29, 0.717) is 5.75 Å². The van der Waals surface area contributed by atoms with Gasteiger partial charge >= 0.3 is 0 Å². The summed E-state index contributed by atoms with van der Waals surface area (Å²) in [5.74, 6) is -0.455. The standard InChI is InChI=1S/C11H14FNO2/c1-7(2)11(14)13-10-5-4-8(15-3)6-9(10)12/h4-7H,1-3H3,(H,13,14). The van der Waals surface area contributed by atoms with Gasteiger partial charge in [-0.3, -0.25) is 4.79 Å². The van der Waals surface area contributed by atoms with E-state index >= 15 is 0 Å². The lowest BCUT2D eigenvalue weighted by molar-refractivity contribution is -0.118. The van der Waals surface area contributed by atoms with E-state index in [1.54, 1.807) is 19.9 Å². The van der Waals surface area contributed by atoms with Crippen LogP contribution in [0.5, 0.6) is 5.75 Å². The number of ether oxygens (including phenoxy) is 1. The number of anilines is 1. The lowest BCUT2D eigenvalue weighted by atomic mass is 10.2. The van der Waals surface area contributed by atoms with Gasteiger partial charge in [-0.15, -0.1) is 0 Å². The third-order valence-electron chi connectivity index (χ3n) is 1.96. The van der Waals surface area contributed by atoms with Gasteiger partial charge < -0.3 is 10.1 Å². The molecule has 82 valence electrons. The largest absolute Gasteiger partial charge is 0.497 e. The van der Waals surface area contributed by atoms with E-state index in [2.05, 4.69) is 5.32 Å². The summed E-state index contributed by atoms with van der Waals surface area (Å²) < 4.78 is 18.2. The summed E-state index contributed by atoms with van der Waals surface area (Å²) >= 11 is 0. The minimum absolute atomic E-state index is 0.175. The van der Waals surface area contributed by atoms with Crippen molar-refractivity contribution in [3.63, 3.8) is 0 Å². The number of benzene rings is 1. The van der Waals surface area contributed by atoms with Crippen molar-refractivity contribution in [1.29, 1.82) is 0 Å². The smallest absolute Gasteiger partial charge is 0.227 e. The zero-order valence-electron chi connectivity index (χ0n) is 9.00. The Hall–Kier alpha value is -1.58. The van der Waals surface area contributed by atoms with Crippen molar-refractivity contribution >= 4 is 11.6 Å². The summed E-state index contributed by atoms with van der Waals surface area (Å²) in [6.45, 7) is 3.49. The highest BCUT2D eigenvalue weighted by Gasteiger charge is 2.10. The van der Waals surface area contributed by atoms with Crippen molar-refractivity contribution in [2.45, 2.75) is 13.8 Å². The molecule has 0 heterocycles. The Morgan fingerprint density at radius 3 is 2.60 bits per heavy atom. The topological polar surface area (TPSA) is 38.3 Å². The van der Waals surface area contributed by atoms with Crippen LogP contribution in [0.3, 0.4) is 0 Å². The number of amides is 1. The van der Waals surface area contributed by atoms with Crippen LogP contribution in [-0.2, 0) is 4.79 Å². The summed E-state index contributed by atoms with van der Waals surface area (Å²) in [5, 5.41) is 2.49. The molecule has 0 spiro atoms. The van der Waals surface area contributed by atoms with Crippen LogP contribution in [0, 0.1) is 11.7 Å². The number of hydrogen-bond donors (Lipinski definition) is 1. The molecule has 0 aliphatic heterocycles. The number of rotatable bonds is 3. The monoisotopic (exact) mass is 211 g/mol. The first-order valence-electron chi connectivity index (χ1n) is 4.69. The summed E-state index contributed by atoms with van der Waals surface area (Å²) in [6, 6.07) is 4.31. The molecule has 1 N–H and O–H groups in total. The zero-order chi connectivity index (χ0) is 11.4. The molecule has 15 heavy (non-hydrogen) atoms. The molecule has 0 aromatic heterocycles. The highest BCUT2D eigenvalue weighted by molar-refractivity contribution is 5.92. The average Bonchev–Trinajstić information content (AvgIpc) is 2.20. The van der Waals surface area contributed by atoms with Gasteiger partial charge in [0.15, 0.2) is 0 Å². The first kappa shape index (κ1) is 11.5. The van der Waals surface area contributed by atoms with Gasteiger partial charge in [0.05, 0.1) is 12.8 Å². The van der Waals surface area contributed by atoms with Gasteiger partial charge in [0.25, 0.3) is 0 Å². The van der Waals surface area contributed by atoms with Crippen molar-refractivity contribution in [2.75, 3.05) is 12.4 Å². The van der Waals surface area contributed by atoms with Crippen LogP contribution >= 0.6 is 0 Å². The van der Waals surface area contributed by atoms with Crippen molar-refractivity contribution in [3.05, 3.63) is 24.0 Å². The second-order valence-electron chi connectivity index (χ2n) is 3.49. The highest BCUT2D eigenvalue weighted by atomic mass is 19.1. The van der Waals surface area contributed by atoms with Crippen molar-refractivity contribution in [3.8, 4) is 5.75 Å². The van der Waals surface area contributed by atoms with E-state index in [-0.39, 0.29) is 17.5 Å². The Balaban J connectivity index is 2.83. The first-order chi connectivity index (χ1) is 7.04. The molecule has 0 radical (unpaired) electrons. The third-order valence-corrected chi connectivity index (χ3v) is 1.96. The molecule has 1 aromatic rings. The molecule has 0 aliphatic rings. The minimum atomic E-state index is -0.497. The van der Waals surface area contributed by atoms with Crippen molar-refractivity contribution in [1.82, 2.24) is 0 Å². The molecule has 1 aromatic carbocycles. The number of nitrogens with one attached hydrogen (secondary N) is 1. The van der Waals surface area contributed by atoms with Crippen LogP contribution in [0.15, 0.2) is 18.2 Å². The number of hydrogen-bond acceptors (Lipinski definition) is 2. The van der Waals surface area contributed by atoms with Crippen LogP contribution in [-0.4, -0.2) is 13.0 Å². The van der Waals surface area contributed by atoms with Crippen LogP contribution < -0.4 is 10.1 Å². The van der Waals surface area contributed by atoms with E-state index in [1.165, 1.54) is 19.2 Å². The number of halogens is 1. The molecule has 0 saturated carbocycles. The Morgan fingerprint density at radius 1 is 1.47 bits per heavy atom. The van der Waals surface area contributed by atoms with Gasteiger partial charge in [-0.25, -0.2) is 4.39 Å². The summed E-state index contributed by atoms with van der Waals surface area (Å²) in [5.41, 5.74) is 0.175. The van der Waals surface area contributed by atoms with E-state index in [0.717, 1.165) is 0 Å². The average molecular weight is 211 g/mol. The number of carbonyl (C=O) groups excluding carboxylic acids is 1. The maximum absolute atomic E-state index is 13.4. The van der Waals surface area contributed by atoms with Crippen LogP contribution in [0.1, 0.15) is 13.8 Å². The lowest BCUT2D eigenvalue weighted by Gasteiger charge is -2.09. The van der Waals surface area contributed by atoms with Gasteiger partial charge in [-0.1, -0.05) is 13.8 Å². The number of methoxy groups -OCH3 is 1. The molecule has 1 amide bonds. The first-order valence-corrected chi connectivity index (χ1v) is 4.69. The molecule has 0 fully saturated rings. The Morgan fingerprint density at radius 2 is 2.13 bits per heavy atom. The third kappa shape index (κ3) is 2.94. The van der Waals surface area contributed by atoms with Gasteiger partial charge in [-0.2, -0.15) is 0 Å². The fraction of sp³-hybridized carbons (Fsp3) is 0.364. The SMILES string of the molecule is COc1ccc(NC(=O)C(C)C)c(F)c1. The lowest BCUT2D eigenvalue weighted by Crippen LogP contribution is -2.18. The maximum atomic E-state index is 13.4. The minimum Gasteiger partial charge on any atom is -0.497 e. The van der Waals surface area contributed by atoms with Crippen LogP contribution in [0.25, 0.3) is 0 Å². The Bertz CT molecular complexity index is 364. The Labute approximate surface area is 88.2 Å². The summed E-state index contributed by atoms with van der Waals surface area (Å²) in [4.78, 5) is 11.3. The second kappa shape index (κ2) is 4.77. The van der Waals surface area contributed by atoms with E-state index in [9.17, 15) is 9.18 Å². The van der Waals surface area contributed by atoms with Gasteiger partial charge in [0.1, 0.15) is 11.6 Å².